The Balaban J connectivity index is 1.31. The number of fused-ring (bicyclic) bond motifs is 1. The topological polar surface area (TPSA) is 64.5 Å². The fourth-order valence-electron chi connectivity index (χ4n) is 3.69. The third-order valence-electron chi connectivity index (χ3n) is 5.49. The third-order valence-corrected chi connectivity index (χ3v) is 5.49. The van der Waals surface area contributed by atoms with Gasteiger partial charge in [0.25, 0.3) is 5.91 Å². The van der Waals surface area contributed by atoms with Crippen molar-refractivity contribution in [2.45, 2.75) is 13.0 Å². The highest BCUT2D eigenvalue weighted by Gasteiger charge is 2.29. The van der Waals surface area contributed by atoms with Gasteiger partial charge in [-0.1, -0.05) is 0 Å². The van der Waals surface area contributed by atoms with Crippen LogP contribution in [0, 0.1) is 0 Å². The number of ether oxygens (including phenoxy) is 3. The fourth-order valence-corrected chi connectivity index (χ4v) is 3.69. The van der Waals surface area contributed by atoms with E-state index in [1.165, 1.54) is 10.6 Å². The van der Waals surface area contributed by atoms with Gasteiger partial charge in [-0.3, -0.25) is 4.79 Å². The SMILES string of the molecule is COc1ccc(N2CC[NH+]([C@@H](C)C(=O)Nc3ccc4c(c3)OCO4)CC2)cc1. The zero-order valence-corrected chi connectivity index (χ0v) is 16.2. The van der Waals surface area contributed by atoms with Gasteiger partial charge in [0.05, 0.1) is 33.3 Å². The van der Waals surface area contributed by atoms with E-state index in [-0.39, 0.29) is 18.7 Å². The van der Waals surface area contributed by atoms with Crippen LogP contribution in [0.3, 0.4) is 0 Å². The standard InChI is InChI=1S/C21H25N3O4/c1-15(21(25)22-16-3-8-19-20(13-16)28-14-27-19)23-9-11-24(12-10-23)17-4-6-18(26-2)7-5-17/h3-8,13,15H,9-12,14H2,1-2H3,(H,22,25)/p+1/t15-/m0/s1. The molecule has 0 radical (unpaired) electrons. The Hall–Kier alpha value is -2.93. The summed E-state index contributed by atoms with van der Waals surface area (Å²) in [4.78, 5) is 16.3. The molecule has 0 aliphatic carbocycles. The molecule has 2 aromatic rings. The highest BCUT2D eigenvalue weighted by molar-refractivity contribution is 5.94. The van der Waals surface area contributed by atoms with Crippen molar-refractivity contribution in [1.82, 2.24) is 0 Å². The number of nitrogens with one attached hydrogen (secondary N) is 2. The molecule has 2 N–H and O–H groups in total. The number of anilines is 2. The quantitative estimate of drug-likeness (QED) is 0.810. The van der Waals surface area contributed by atoms with Crippen LogP contribution >= 0.6 is 0 Å². The smallest absolute Gasteiger partial charge is 0.282 e. The minimum absolute atomic E-state index is 0.0202. The Labute approximate surface area is 164 Å². The van der Waals surface area contributed by atoms with Crippen LogP contribution < -0.4 is 29.3 Å². The highest BCUT2D eigenvalue weighted by Crippen LogP contribution is 2.34. The van der Waals surface area contributed by atoms with Gasteiger partial charge in [-0.15, -0.1) is 0 Å². The van der Waals surface area contributed by atoms with E-state index >= 15 is 0 Å². The van der Waals surface area contributed by atoms with Gasteiger partial charge >= 0.3 is 0 Å². The molecule has 1 fully saturated rings. The number of benzene rings is 2. The molecule has 1 saturated heterocycles. The van der Waals surface area contributed by atoms with E-state index in [4.69, 9.17) is 14.2 Å². The summed E-state index contributed by atoms with van der Waals surface area (Å²) in [6, 6.07) is 13.5. The van der Waals surface area contributed by atoms with Gasteiger partial charge in [0, 0.05) is 17.4 Å². The Morgan fingerprint density at radius 1 is 1.11 bits per heavy atom. The molecule has 28 heavy (non-hydrogen) atoms. The van der Waals surface area contributed by atoms with Crippen molar-refractivity contribution in [3.8, 4) is 17.2 Å². The number of hydrogen-bond donors (Lipinski definition) is 2. The summed E-state index contributed by atoms with van der Waals surface area (Å²) in [7, 11) is 1.67. The van der Waals surface area contributed by atoms with Crippen LogP contribution in [-0.4, -0.2) is 52.0 Å². The van der Waals surface area contributed by atoms with Gasteiger partial charge in [0.1, 0.15) is 5.75 Å². The maximum atomic E-state index is 12.7. The second kappa shape index (κ2) is 7.98. The van der Waals surface area contributed by atoms with Crippen LogP contribution in [-0.2, 0) is 4.79 Å². The Bertz CT molecular complexity index is 832. The minimum Gasteiger partial charge on any atom is -0.497 e. The number of hydrogen-bond acceptors (Lipinski definition) is 5. The number of rotatable bonds is 5. The molecule has 2 heterocycles. The van der Waals surface area contributed by atoms with Crippen molar-refractivity contribution >= 4 is 17.3 Å². The zero-order valence-electron chi connectivity index (χ0n) is 16.2. The average molecular weight is 384 g/mol. The number of methoxy groups -OCH3 is 1. The van der Waals surface area contributed by atoms with E-state index in [1.807, 2.05) is 37.3 Å². The Morgan fingerprint density at radius 2 is 1.82 bits per heavy atom. The second-order valence-electron chi connectivity index (χ2n) is 7.12. The molecule has 4 rings (SSSR count). The maximum Gasteiger partial charge on any atom is 0.282 e. The van der Waals surface area contributed by atoms with Crippen molar-refractivity contribution in [3.05, 3.63) is 42.5 Å². The normalized spacial score (nSPS) is 17.3. The molecule has 0 bridgehead atoms. The zero-order chi connectivity index (χ0) is 19.5. The van der Waals surface area contributed by atoms with E-state index in [2.05, 4.69) is 22.3 Å². The van der Waals surface area contributed by atoms with Gasteiger partial charge < -0.3 is 29.3 Å². The first kappa shape index (κ1) is 18.4. The lowest BCUT2D eigenvalue weighted by Gasteiger charge is -2.36. The van der Waals surface area contributed by atoms with E-state index in [1.54, 1.807) is 7.11 Å². The Kier molecular flexibility index (Phi) is 5.25. The molecule has 7 heteroatoms. The fraction of sp³-hybridized carbons (Fsp3) is 0.381. The van der Waals surface area contributed by atoms with Crippen molar-refractivity contribution in [1.29, 1.82) is 0 Å². The molecule has 1 amide bonds. The van der Waals surface area contributed by atoms with E-state index in [0.29, 0.717) is 11.5 Å². The first-order valence-corrected chi connectivity index (χ1v) is 9.58. The van der Waals surface area contributed by atoms with Gasteiger partial charge in [-0.2, -0.15) is 0 Å². The van der Waals surface area contributed by atoms with Crippen molar-refractivity contribution in [3.63, 3.8) is 0 Å². The lowest BCUT2D eigenvalue weighted by atomic mass is 10.2. The van der Waals surface area contributed by atoms with Gasteiger partial charge in [0.15, 0.2) is 17.5 Å². The minimum atomic E-state index is -0.122. The van der Waals surface area contributed by atoms with E-state index < -0.39 is 0 Å². The summed E-state index contributed by atoms with van der Waals surface area (Å²) < 4.78 is 15.9. The van der Waals surface area contributed by atoms with E-state index in [0.717, 1.165) is 37.6 Å². The average Bonchev–Trinajstić information content (AvgIpc) is 3.21. The van der Waals surface area contributed by atoms with Crippen LogP contribution in [0.1, 0.15) is 6.92 Å². The number of amides is 1. The summed E-state index contributed by atoms with van der Waals surface area (Å²) in [5.41, 5.74) is 1.93. The summed E-state index contributed by atoms with van der Waals surface area (Å²) >= 11 is 0. The number of piperazine rings is 1. The predicted octanol–water partition coefficient (Wildman–Crippen LogP) is 1.16. The summed E-state index contributed by atoms with van der Waals surface area (Å²) in [5.74, 6) is 2.27. The summed E-state index contributed by atoms with van der Waals surface area (Å²) in [5, 5.41) is 3.00. The number of carbonyl (C=O) groups is 1. The largest absolute Gasteiger partial charge is 0.497 e. The molecule has 7 nitrogen and oxygen atoms in total. The molecule has 2 aliphatic heterocycles. The molecule has 148 valence electrons. The summed E-state index contributed by atoms with van der Waals surface area (Å²) in [6.07, 6.45) is 0. The molecule has 2 aromatic carbocycles. The van der Waals surface area contributed by atoms with E-state index in [9.17, 15) is 4.79 Å². The number of quaternary nitrogens is 1. The third kappa shape index (κ3) is 3.84. The van der Waals surface area contributed by atoms with Crippen LogP contribution in [0.25, 0.3) is 0 Å². The molecule has 0 spiro atoms. The molecule has 0 saturated carbocycles. The van der Waals surface area contributed by atoms with Gasteiger partial charge in [-0.05, 0) is 43.3 Å². The second-order valence-corrected chi connectivity index (χ2v) is 7.12. The maximum absolute atomic E-state index is 12.7. The lowest BCUT2D eigenvalue weighted by Crippen LogP contribution is -3.19. The molecule has 0 unspecified atom stereocenters. The highest BCUT2D eigenvalue weighted by atomic mass is 16.7. The monoisotopic (exact) mass is 384 g/mol. The predicted molar refractivity (Wildman–Crippen MR) is 107 cm³/mol. The lowest BCUT2D eigenvalue weighted by molar-refractivity contribution is -0.914. The first-order chi connectivity index (χ1) is 13.6. The van der Waals surface area contributed by atoms with Crippen molar-refractivity contribution in [2.24, 2.45) is 0 Å². The van der Waals surface area contributed by atoms with Crippen LogP contribution in [0.5, 0.6) is 17.2 Å². The molecule has 1 atom stereocenters. The molecule has 0 aromatic heterocycles. The molecular weight excluding hydrogens is 358 g/mol. The van der Waals surface area contributed by atoms with Crippen LogP contribution in [0.4, 0.5) is 11.4 Å². The Morgan fingerprint density at radius 3 is 2.54 bits per heavy atom. The van der Waals surface area contributed by atoms with Crippen molar-refractivity contribution < 1.29 is 23.9 Å². The van der Waals surface area contributed by atoms with Gasteiger partial charge in [-0.25, -0.2) is 0 Å². The number of nitrogens with zero attached hydrogens (tertiary/aromatic N) is 1. The van der Waals surface area contributed by atoms with Crippen LogP contribution in [0.15, 0.2) is 42.5 Å². The van der Waals surface area contributed by atoms with Crippen molar-refractivity contribution in [2.75, 3.05) is 50.3 Å². The first-order valence-electron chi connectivity index (χ1n) is 9.58. The number of carbonyl (C=O) groups excluding carboxylic acids is 1. The van der Waals surface area contributed by atoms with Gasteiger partial charge in [0.2, 0.25) is 6.79 Å². The summed E-state index contributed by atoms with van der Waals surface area (Å²) in [6.45, 7) is 5.89. The van der Waals surface area contributed by atoms with Crippen LogP contribution in [0.2, 0.25) is 0 Å². The molecule has 2 aliphatic rings. The molecular formula is C21H26N3O4+.